The summed E-state index contributed by atoms with van der Waals surface area (Å²) in [6.07, 6.45) is 0.691. The van der Waals surface area contributed by atoms with Gasteiger partial charge in [0.1, 0.15) is 6.54 Å². The minimum absolute atomic E-state index is 0.310. The van der Waals surface area contributed by atoms with Gasteiger partial charge in [0.25, 0.3) is 5.91 Å². The third-order valence-corrected chi connectivity index (χ3v) is 2.47. The van der Waals surface area contributed by atoms with Crippen molar-refractivity contribution in [3.8, 4) is 0 Å². The van der Waals surface area contributed by atoms with Crippen LogP contribution in [0.4, 0.5) is 10.5 Å². The minimum Gasteiger partial charge on any atom is -0.480 e. The summed E-state index contributed by atoms with van der Waals surface area (Å²) < 4.78 is 0. The second-order valence-corrected chi connectivity index (χ2v) is 4.18. The molecule has 0 saturated carbocycles. The van der Waals surface area contributed by atoms with Crippen molar-refractivity contribution in [1.29, 1.82) is 0 Å². The molecule has 1 rings (SSSR count). The molecule has 8 nitrogen and oxygen atoms in total. The van der Waals surface area contributed by atoms with E-state index in [0.29, 0.717) is 30.8 Å². The van der Waals surface area contributed by atoms with Gasteiger partial charge in [0.05, 0.1) is 0 Å². The monoisotopic (exact) mass is 294 g/mol. The summed E-state index contributed by atoms with van der Waals surface area (Å²) in [5, 5.41) is 15.9. The molecule has 1 aromatic carbocycles. The van der Waals surface area contributed by atoms with Gasteiger partial charge in [-0.1, -0.05) is 0 Å². The molecule has 114 valence electrons. The second kappa shape index (κ2) is 8.54. The Morgan fingerprint density at radius 1 is 1.10 bits per heavy atom. The fourth-order valence-electron chi connectivity index (χ4n) is 1.44. The second-order valence-electron chi connectivity index (χ2n) is 4.18. The zero-order valence-electron chi connectivity index (χ0n) is 11.4. The number of aliphatic carboxylic acids is 1. The SMILES string of the molecule is NCCCNC(=O)Nc1ccc(C(=O)NCC(=O)O)cc1. The largest absolute Gasteiger partial charge is 0.480 e. The molecule has 0 aliphatic heterocycles. The van der Waals surface area contributed by atoms with Crippen molar-refractivity contribution in [2.45, 2.75) is 6.42 Å². The predicted molar refractivity (Wildman–Crippen MR) is 77.1 cm³/mol. The number of carbonyl (C=O) groups is 3. The molecule has 0 atom stereocenters. The minimum atomic E-state index is -1.12. The number of benzene rings is 1. The number of nitrogens with two attached hydrogens (primary N) is 1. The van der Waals surface area contributed by atoms with Gasteiger partial charge in [0, 0.05) is 17.8 Å². The van der Waals surface area contributed by atoms with E-state index in [9.17, 15) is 14.4 Å². The third kappa shape index (κ3) is 6.39. The molecule has 0 heterocycles. The number of hydrogen-bond acceptors (Lipinski definition) is 4. The van der Waals surface area contributed by atoms with Crippen molar-refractivity contribution in [2.75, 3.05) is 25.0 Å². The van der Waals surface area contributed by atoms with Crippen LogP contribution in [0.1, 0.15) is 16.8 Å². The van der Waals surface area contributed by atoms with Gasteiger partial charge in [-0.25, -0.2) is 4.79 Å². The molecular weight excluding hydrogens is 276 g/mol. The van der Waals surface area contributed by atoms with E-state index in [2.05, 4.69) is 16.0 Å². The first-order chi connectivity index (χ1) is 10.0. The highest BCUT2D eigenvalue weighted by atomic mass is 16.4. The van der Waals surface area contributed by atoms with Crippen LogP contribution >= 0.6 is 0 Å². The van der Waals surface area contributed by atoms with Crippen molar-refractivity contribution in [3.63, 3.8) is 0 Å². The molecule has 0 aliphatic carbocycles. The number of carboxylic acid groups (broad SMARTS) is 1. The van der Waals surface area contributed by atoms with Crippen molar-refractivity contribution >= 4 is 23.6 Å². The summed E-state index contributed by atoms with van der Waals surface area (Å²) in [5.41, 5.74) is 6.14. The summed E-state index contributed by atoms with van der Waals surface area (Å²) in [6.45, 7) is 0.542. The van der Waals surface area contributed by atoms with Gasteiger partial charge in [0.2, 0.25) is 0 Å². The highest BCUT2D eigenvalue weighted by molar-refractivity contribution is 5.96. The Labute approximate surface area is 121 Å². The van der Waals surface area contributed by atoms with Gasteiger partial charge >= 0.3 is 12.0 Å². The Morgan fingerprint density at radius 2 is 1.76 bits per heavy atom. The molecule has 0 unspecified atom stereocenters. The van der Waals surface area contributed by atoms with Crippen molar-refractivity contribution in [3.05, 3.63) is 29.8 Å². The first kappa shape index (κ1) is 16.4. The lowest BCUT2D eigenvalue weighted by Crippen LogP contribution is -2.30. The van der Waals surface area contributed by atoms with E-state index in [1.165, 1.54) is 12.1 Å². The van der Waals surface area contributed by atoms with Gasteiger partial charge in [-0.2, -0.15) is 0 Å². The van der Waals surface area contributed by atoms with Crippen LogP contribution < -0.4 is 21.7 Å². The Balaban J connectivity index is 2.48. The topological polar surface area (TPSA) is 134 Å². The van der Waals surface area contributed by atoms with Crippen molar-refractivity contribution in [1.82, 2.24) is 10.6 Å². The summed E-state index contributed by atoms with van der Waals surface area (Å²) in [5.74, 6) is -1.60. The van der Waals surface area contributed by atoms with Crippen LogP contribution in [0, 0.1) is 0 Å². The number of carboxylic acids is 1. The maximum absolute atomic E-state index is 11.6. The number of carbonyl (C=O) groups excluding carboxylic acids is 2. The van der Waals surface area contributed by atoms with E-state index >= 15 is 0 Å². The normalized spacial score (nSPS) is 9.76. The van der Waals surface area contributed by atoms with E-state index < -0.39 is 18.4 Å². The van der Waals surface area contributed by atoms with Gasteiger partial charge in [-0.15, -0.1) is 0 Å². The molecule has 0 aromatic heterocycles. The average Bonchev–Trinajstić information content (AvgIpc) is 2.45. The molecule has 0 aliphatic rings. The molecule has 21 heavy (non-hydrogen) atoms. The van der Waals surface area contributed by atoms with Crippen LogP contribution in [0.5, 0.6) is 0 Å². The summed E-state index contributed by atoms with van der Waals surface area (Å²) in [4.78, 5) is 33.4. The lowest BCUT2D eigenvalue weighted by molar-refractivity contribution is -0.135. The summed E-state index contributed by atoms with van der Waals surface area (Å²) >= 11 is 0. The fraction of sp³-hybridized carbons (Fsp3) is 0.308. The molecule has 0 fully saturated rings. The van der Waals surface area contributed by atoms with Crippen LogP contribution in [0.2, 0.25) is 0 Å². The maximum Gasteiger partial charge on any atom is 0.322 e. The number of hydrogen-bond donors (Lipinski definition) is 5. The summed E-state index contributed by atoms with van der Waals surface area (Å²) in [6, 6.07) is 5.74. The Bertz CT molecular complexity index is 501. The molecule has 1 aromatic rings. The lowest BCUT2D eigenvalue weighted by Gasteiger charge is -2.08. The molecule has 0 bridgehead atoms. The van der Waals surface area contributed by atoms with E-state index in [1.54, 1.807) is 12.1 Å². The summed E-state index contributed by atoms with van der Waals surface area (Å²) in [7, 11) is 0. The van der Waals surface area contributed by atoms with Crippen LogP contribution in [0.3, 0.4) is 0 Å². The van der Waals surface area contributed by atoms with Crippen LogP contribution in [-0.4, -0.2) is 42.6 Å². The molecule has 3 amide bonds. The zero-order chi connectivity index (χ0) is 15.7. The molecule has 0 saturated heterocycles. The number of rotatable bonds is 7. The Hall–Kier alpha value is -2.61. The average molecular weight is 294 g/mol. The van der Waals surface area contributed by atoms with E-state index in [-0.39, 0.29) is 6.03 Å². The van der Waals surface area contributed by atoms with Gasteiger partial charge in [-0.05, 0) is 37.2 Å². The van der Waals surface area contributed by atoms with Crippen LogP contribution in [-0.2, 0) is 4.79 Å². The highest BCUT2D eigenvalue weighted by Crippen LogP contribution is 2.09. The molecular formula is C13H18N4O4. The number of anilines is 1. The number of urea groups is 1. The number of nitrogens with one attached hydrogen (secondary N) is 3. The van der Waals surface area contributed by atoms with E-state index in [4.69, 9.17) is 10.8 Å². The Morgan fingerprint density at radius 3 is 2.33 bits per heavy atom. The van der Waals surface area contributed by atoms with Crippen molar-refractivity contribution in [2.24, 2.45) is 5.73 Å². The van der Waals surface area contributed by atoms with Crippen molar-refractivity contribution < 1.29 is 19.5 Å². The third-order valence-electron chi connectivity index (χ3n) is 2.47. The maximum atomic E-state index is 11.6. The smallest absolute Gasteiger partial charge is 0.322 e. The van der Waals surface area contributed by atoms with Crippen LogP contribution in [0.25, 0.3) is 0 Å². The van der Waals surface area contributed by atoms with E-state index in [1.807, 2.05) is 0 Å². The molecule has 6 N–H and O–H groups in total. The van der Waals surface area contributed by atoms with Gasteiger partial charge < -0.3 is 26.8 Å². The Kier molecular flexibility index (Phi) is 6.69. The van der Waals surface area contributed by atoms with Gasteiger partial charge in [-0.3, -0.25) is 9.59 Å². The molecule has 8 heteroatoms. The van der Waals surface area contributed by atoms with E-state index in [0.717, 1.165) is 0 Å². The predicted octanol–water partition coefficient (Wildman–Crippen LogP) is -0.0287. The lowest BCUT2D eigenvalue weighted by atomic mass is 10.2. The fourth-order valence-corrected chi connectivity index (χ4v) is 1.44. The first-order valence-corrected chi connectivity index (χ1v) is 6.38. The molecule has 0 radical (unpaired) electrons. The quantitative estimate of drug-likeness (QED) is 0.450. The zero-order valence-corrected chi connectivity index (χ0v) is 11.4. The highest BCUT2D eigenvalue weighted by Gasteiger charge is 2.07. The van der Waals surface area contributed by atoms with Gasteiger partial charge in [0.15, 0.2) is 0 Å². The molecule has 0 spiro atoms. The standard InChI is InChI=1S/C13H18N4O4/c14-6-1-7-15-13(21)17-10-4-2-9(3-5-10)12(20)16-8-11(18)19/h2-5H,1,6-8,14H2,(H,16,20)(H,18,19)(H2,15,17,21). The first-order valence-electron chi connectivity index (χ1n) is 6.38. The van der Waals surface area contributed by atoms with Crippen LogP contribution in [0.15, 0.2) is 24.3 Å². The number of amides is 3.